The Hall–Kier alpha value is -2.65. The second-order valence-corrected chi connectivity index (χ2v) is 7.48. The van der Waals surface area contributed by atoms with Crippen molar-refractivity contribution in [2.24, 2.45) is 0 Å². The summed E-state index contributed by atoms with van der Waals surface area (Å²) in [6.45, 7) is 5.82. The number of rotatable bonds is 4. The van der Waals surface area contributed by atoms with Gasteiger partial charge in [0.1, 0.15) is 17.5 Å². The molecule has 1 amide bonds. The van der Waals surface area contributed by atoms with Crippen molar-refractivity contribution < 1.29 is 18.8 Å². The van der Waals surface area contributed by atoms with E-state index in [1.165, 1.54) is 18.1 Å². The zero-order chi connectivity index (χ0) is 20.4. The molecular formula is C17H26FN5O4. The van der Waals surface area contributed by atoms with Gasteiger partial charge in [-0.3, -0.25) is 0 Å². The Morgan fingerprint density at radius 2 is 2.19 bits per heavy atom. The van der Waals surface area contributed by atoms with E-state index in [0.29, 0.717) is 18.7 Å². The third kappa shape index (κ3) is 4.95. The van der Waals surface area contributed by atoms with Gasteiger partial charge in [0.15, 0.2) is 6.20 Å². The van der Waals surface area contributed by atoms with Crippen LogP contribution in [0.1, 0.15) is 27.2 Å². The molecule has 0 aliphatic carbocycles. The molecule has 1 saturated heterocycles. The number of nitrogens with zero attached hydrogens (tertiary/aromatic N) is 4. The number of nitrogens with one attached hydrogen (secondary N) is 1. The highest BCUT2D eigenvalue weighted by Crippen LogP contribution is 2.30. The molecule has 1 unspecified atom stereocenters. The van der Waals surface area contributed by atoms with E-state index in [4.69, 9.17) is 4.74 Å². The molecule has 27 heavy (non-hydrogen) atoms. The first kappa shape index (κ1) is 20.7. The van der Waals surface area contributed by atoms with E-state index >= 15 is 0 Å². The summed E-state index contributed by atoms with van der Waals surface area (Å²) in [7, 11) is 3.10. The van der Waals surface area contributed by atoms with Crippen LogP contribution in [0.5, 0.6) is 0 Å². The van der Waals surface area contributed by atoms with Crippen LogP contribution in [-0.4, -0.2) is 65.9 Å². The molecule has 1 aliphatic heterocycles. The van der Waals surface area contributed by atoms with Gasteiger partial charge in [0, 0.05) is 20.6 Å². The van der Waals surface area contributed by atoms with Crippen LogP contribution >= 0.6 is 0 Å². The molecule has 10 heteroatoms. The molecular weight excluding hydrogens is 357 g/mol. The molecule has 1 fully saturated rings. The van der Waals surface area contributed by atoms with Crippen molar-refractivity contribution in [3.63, 3.8) is 0 Å². The highest BCUT2D eigenvalue weighted by Gasteiger charge is 2.36. The molecule has 1 aliphatic rings. The van der Waals surface area contributed by atoms with Gasteiger partial charge in [0.2, 0.25) is 0 Å². The van der Waals surface area contributed by atoms with Crippen LogP contribution in [0.2, 0.25) is 0 Å². The summed E-state index contributed by atoms with van der Waals surface area (Å²) in [4.78, 5) is 29.5. The lowest BCUT2D eigenvalue weighted by atomic mass is 10.0. The summed E-state index contributed by atoms with van der Waals surface area (Å²) in [6, 6.07) is 0.987. The fraction of sp³-hybridized carbons (Fsp3) is 0.647. The molecule has 0 aromatic carbocycles. The van der Waals surface area contributed by atoms with Crippen LogP contribution in [0.4, 0.5) is 26.4 Å². The summed E-state index contributed by atoms with van der Waals surface area (Å²) >= 11 is 0. The average Bonchev–Trinajstić information content (AvgIpc) is 2.58. The van der Waals surface area contributed by atoms with Crippen molar-refractivity contribution in [3.05, 3.63) is 22.4 Å². The first-order valence-electron chi connectivity index (χ1n) is 8.70. The van der Waals surface area contributed by atoms with Crippen LogP contribution < -0.4 is 10.2 Å². The lowest BCUT2D eigenvalue weighted by Gasteiger charge is -2.40. The van der Waals surface area contributed by atoms with Crippen molar-refractivity contribution in [3.8, 4) is 0 Å². The van der Waals surface area contributed by atoms with Crippen LogP contribution in [0.15, 0.2) is 12.3 Å². The topological polar surface area (TPSA) is 101 Å². The quantitative estimate of drug-likeness (QED) is 0.630. The van der Waals surface area contributed by atoms with E-state index in [0.717, 1.165) is 0 Å². The number of ether oxygens (including phenoxy) is 1. The van der Waals surface area contributed by atoms with Crippen LogP contribution in [0.3, 0.4) is 0 Å². The van der Waals surface area contributed by atoms with Gasteiger partial charge in [-0.1, -0.05) is 0 Å². The van der Waals surface area contributed by atoms with Crippen molar-refractivity contribution in [1.82, 2.24) is 9.88 Å². The minimum atomic E-state index is -1.29. The highest BCUT2D eigenvalue weighted by atomic mass is 19.1. The van der Waals surface area contributed by atoms with E-state index in [9.17, 15) is 19.3 Å². The SMILES string of the molecule is CNc1cc(N2CCC(N(C)C(=O)OC(C)(C)C)[C@@H](F)C2)cnc1[N+](=O)[O-]. The number of anilines is 2. The normalized spacial score (nSPS) is 20.1. The zero-order valence-corrected chi connectivity index (χ0v) is 16.2. The van der Waals surface area contributed by atoms with Crippen molar-refractivity contribution in [2.75, 3.05) is 37.4 Å². The molecule has 150 valence electrons. The Kier molecular flexibility index (Phi) is 6.07. The third-order valence-electron chi connectivity index (χ3n) is 4.35. The molecule has 2 heterocycles. The molecule has 9 nitrogen and oxygen atoms in total. The predicted octanol–water partition coefficient (Wildman–Crippen LogP) is 2.82. The monoisotopic (exact) mass is 383 g/mol. The van der Waals surface area contributed by atoms with Gasteiger partial charge >= 0.3 is 11.9 Å². The summed E-state index contributed by atoms with van der Waals surface area (Å²) < 4.78 is 20.1. The first-order valence-corrected chi connectivity index (χ1v) is 8.70. The number of amides is 1. The number of carbonyl (C=O) groups is 1. The summed E-state index contributed by atoms with van der Waals surface area (Å²) in [5.41, 5.74) is 0.207. The van der Waals surface area contributed by atoms with Gasteiger partial charge in [-0.2, -0.15) is 0 Å². The number of hydrogen-bond donors (Lipinski definition) is 1. The minimum absolute atomic E-state index is 0.0560. The lowest BCUT2D eigenvalue weighted by Crippen LogP contribution is -2.53. The summed E-state index contributed by atoms with van der Waals surface area (Å²) in [6.07, 6.45) is -0.0746. The van der Waals surface area contributed by atoms with Crippen molar-refractivity contribution in [2.45, 2.75) is 45.0 Å². The number of piperidine rings is 1. The lowest BCUT2D eigenvalue weighted by molar-refractivity contribution is -0.388. The maximum absolute atomic E-state index is 14.8. The van der Waals surface area contributed by atoms with Crippen LogP contribution in [-0.2, 0) is 4.74 Å². The van der Waals surface area contributed by atoms with Gasteiger partial charge in [-0.25, -0.2) is 9.18 Å². The predicted molar refractivity (Wildman–Crippen MR) is 99.9 cm³/mol. The van der Waals surface area contributed by atoms with Gasteiger partial charge in [-0.05, 0) is 43.2 Å². The maximum Gasteiger partial charge on any atom is 0.410 e. The van der Waals surface area contributed by atoms with E-state index < -0.39 is 28.8 Å². The Bertz CT molecular complexity index is 709. The van der Waals surface area contributed by atoms with Gasteiger partial charge in [0.05, 0.1) is 18.3 Å². The first-order chi connectivity index (χ1) is 12.5. The molecule has 0 spiro atoms. The summed E-state index contributed by atoms with van der Waals surface area (Å²) in [5, 5.41) is 13.7. The Morgan fingerprint density at radius 1 is 1.52 bits per heavy atom. The number of alkyl halides is 1. The molecule has 1 aromatic rings. The summed E-state index contributed by atoms with van der Waals surface area (Å²) in [5.74, 6) is -0.280. The zero-order valence-electron chi connectivity index (χ0n) is 16.2. The minimum Gasteiger partial charge on any atom is -0.444 e. The second-order valence-electron chi connectivity index (χ2n) is 7.48. The largest absolute Gasteiger partial charge is 0.444 e. The molecule has 1 aromatic heterocycles. The number of nitro groups is 1. The fourth-order valence-corrected chi connectivity index (χ4v) is 2.98. The van der Waals surface area contributed by atoms with E-state index in [1.54, 1.807) is 38.8 Å². The second kappa shape index (κ2) is 7.93. The number of halogens is 1. The van der Waals surface area contributed by atoms with Gasteiger partial charge in [-0.15, -0.1) is 0 Å². The van der Waals surface area contributed by atoms with E-state index in [-0.39, 0.29) is 18.1 Å². The van der Waals surface area contributed by atoms with Crippen LogP contribution in [0.25, 0.3) is 0 Å². The Labute approximate surface area is 157 Å². The molecule has 2 rings (SSSR count). The fourth-order valence-electron chi connectivity index (χ4n) is 2.98. The molecule has 0 bridgehead atoms. The van der Waals surface area contributed by atoms with Crippen LogP contribution in [0, 0.1) is 10.1 Å². The highest BCUT2D eigenvalue weighted by molar-refractivity contribution is 5.68. The molecule has 0 saturated carbocycles. The average molecular weight is 383 g/mol. The van der Waals surface area contributed by atoms with Crippen molar-refractivity contribution >= 4 is 23.3 Å². The number of hydrogen-bond acceptors (Lipinski definition) is 7. The molecule has 1 N–H and O–H groups in total. The smallest absolute Gasteiger partial charge is 0.410 e. The van der Waals surface area contributed by atoms with Crippen molar-refractivity contribution in [1.29, 1.82) is 0 Å². The number of carbonyl (C=O) groups excluding carboxylic acids is 1. The number of pyridine rings is 1. The van der Waals surface area contributed by atoms with Gasteiger partial charge in [0.25, 0.3) is 0 Å². The van der Waals surface area contributed by atoms with E-state index in [1.807, 2.05) is 0 Å². The molecule has 0 radical (unpaired) electrons. The maximum atomic E-state index is 14.8. The number of aromatic nitrogens is 1. The molecule has 2 atom stereocenters. The Morgan fingerprint density at radius 3 is 2.70 bits per heavy atom. The standard InChI is InChI=1S/C17H26FN5O4/c1-17(2,3)27-16(24)21(5)14-6-7-22(10-12(14)18)11-8-13(19-4)15(20-9-11)23(25)26/h8-9,12,14,19H,6-7,10H2,1-5H3/t12-,14?/m0/s1. The Balaban J connectivity index is 2.08. The van der Waals surface area contributed by atoms with E-state index in [2.05, 4.69) is 10.3 Å². The third-order valence-corrected chi connectivity index (χ3v) is 4.35. The van der Waals surface area contributed by atoms with Gasteiger partial charge < -0.3 is 30.0 Å².